The van der Waals surface area contributed by atoms with Crippen LogP contribution in [0.3, 0.4) is 0 Å². The molecule has 0 unspecified atom stereocenters. The normalized spacial score (nSPS) is 10.6. The van der Waals surface area contributed by atoms with Gasteiger partial charge in [-0.15, -0.1) is 0 Å². The molecule has 88 valence electrons. The fraction of sp³-hybridized carbons (Fsp3) is 0.143. The Kier molecular flexibility index (Phi) is 3.51. The molecule has 1 aromatic heterocycles. The van der Waals surface area contributed by atoms with E-state index in [-0.39, 0.29) is 11.4 Å². The van der Waals surface area contributed by atoms with Gasteiger partial charge in [0.05, 0.1) is 24.7 Å². The summed E-state index contributed by atoms with van der Waals surface area (Å²) in [6, 6.07) is 1.35. The second-order valence-corrected chi connectivity index (χ2v) is 4.08. The van der Waals surface area contributed by atoms with Crippen LogP contribution in [-0.4, -0.2) is 26.6 Å². The van der Waals surface area contributed by atoms with E-state index in [1.807, 2.05) is 4.72 Å². The average molecular weight is 246 g/mol. The van der Waals surface area contributed by atoms with Crippen molar-refractivity contribution in [1.82, 2.24) is 9.71 Å². The molecule has 9 heteroatoms. The van der Waals surface area contributed by atoms with E-state index in [0.29, 0.717) is 0 Å². The molecular weight excluding hydrogens is 236 g/mol. The van der Waals surface area contributed by atoms with Crippen LogP contribution in [0.1, 0.15) is 0 Å². The molecule has 0 saturated heterocycles. The van der Waals surface area contributed by atoms with Gasteiger partial charge in [0, 0.05) is 6.20 Å². The lowest BCUT2D eigenvalue weighted by Crippen LogP contribution is -2.35. The monoisotopic (exact) mass is 246 g/mol. The molecule has 1 aromatic rings. The zero-order valence-corrected chi connectivity index (χ0v) is 9.11. The quantitative estimate of drug-likeness (QED) is 0.671. The molecule has 0 radical (unpaired) electrons. The Morgan fingerprint density at radius 2 is 2.25 bits per heavy atom. The number of ether oxygens (including phenoxy) is 1. The minimum absolute atomic E-state index is 0.117. The first kappa shape index (κ1) is 12.0. The summed E-state index contributed by atoms with van der Waals surface area (Å²) in [5.41, 5.74) is 5.71. The Morgan fingerprint density at radius 1 is 1.56 bits per heavy atom. The standard InChI is InChI=1S/C7H10N4O4S/c1-15-7(12)11-16(13,14)10-6-2-3-9-4-5(6)8/h2-4H,8H2,1H3,(H,9,10)(H,11,12). The van der Waals surface area contributed by atoms with E-state index in [1.165, 1.54) is 18.5 Å². The van der Waals surface area contributed by atoms with Gasteiger partial charge in [-0.1, -0.05) is 0 Å². The van der Waals surface area contributed by atoms with Gasteiger partial charge in [0.25, 0.3) is 0 Å². The van der Waals surface area contributed by atoms with Crippen molar-refractivity contribution in [2.45, 2.75) is 0 Å². The predicted molar refractivity (Wildman–Crippen MR) is 56.7 cm³/mol. The number of nitrogen functional groups attached to an aromatic ring is 1. The summed E-state index contributed by atoms with van der Waals surface area (Å²) in [7, 11) is -3.00. The van der Waals surface area contributed by atoms with E-state index in [0.717, 1.165) is 7.11 Å². The molecule has 0 saturated carbocycles. The molecule has 16 heavy (non-hydrogen) atoms. The van der Waals surface area contributed by atoms with Gasteiger partial charge in [0.15, 0.2) is 0 Å². The highest BCUT2D eigenvalue weighted by Gasteiger charge is 2.15. The van der Waals surface area contributed by atoms with Crippen LogP contribution < -0.4 is 15.2 Å². The van der Waals surface area contributed by atoms with E-state index in [1.54, 1.807) is 4.72 Å². The highest BCUT2D eigenvalue weighted by Crippen LogP contribution is 2.15. The Bertz CT molecular complexity index is 487. The largest absolute Gasteiger partial charge is 0.452 e. The van der Waals surface area contributed by atoms with E-state index >= 15 is 0 Å². The number of amides is 1. The zero-order chi connectivity index (χ0) is 12.2. The summed E-state index contributed by atoms with van der Waals surface area (Å²) in [6.45, 7) is 0. The van der Waals surface area contributed by atoms with Crippen LogP contribution >= 0.6 is 0 Å². The van der Waals surface area contributed by atoms with Crippen molar-refractivity contribution in [3.05, 3.63) is 18.5 Å². The number of pyridine rings is 1. The van der Waals surface area contributed by atoms with Gasteiger partial charge in [0.1, 0.15) is 0 Å². The average Bonchev–Trinajstić information content (AvgIpc) is 2.20. The third kappa shape index (κ3) is 3.28. The molecule has 0 aliphatic heterocycles. The minimum Gasteiger partial charge on any atom is -0.452 e. The van der Waals surface area contributed by atoms with Crippen LogP contribution in [0, 0.1) is 0 Å². The minimum atomic E-state index is -4.05. The molecule has 1 rings (SSSR count). The summed E-state index contributed by atoms with van der Waals surface area (Å²) < 4.78 is 30.4. The number of hydrogen-bond donors (Lipinski definition) is 3. The Morgan fingerprint density at radius 3 is 2.81 bits per heavy atom. The molecule has 0 bridgehead atoms. The van der Waals surface area contributed by atoms with E-state index in [9.17, 15) is 13.2 Å². The first-order valence-corrected chi connectivity index (χ1v) is 5.51. The fourth-order valence-corrected chi connectivity index (χ4v) is 1.65. The van der Waals surface area contributed by atoms with Crippen molar-refractivity contribution in [3.8, 4) is 0 Å². The summed E-state index contributed by atoms with van der Waals surface area (Å²) in [6.07, 6.45) is 1.53. The number of aromatic nitrogens is 1. The smallest absolute Gasteiger partial charge is 0.422 e. The SMILES string of the molecule is COC(=O)NS(=O)(=O)Nc1ccncc1N. The number of carbonyl (C=O) groups is 1. The molecule has 0 aliphatic rings. The van der Waals surface area contributed by atoms with Gasteiger partial charge in [0.2, 0.25) is 0 Å². The molecule has 4 N–H and O–H groups in total. The van der Waals surface area contributed by atoms with Gasteiger partial charge in [-0.25, -0.2) is 9.52 Å². The van der Waals surface area contributed by atoms with Gasteiger partial charge in [-0.2, -0.15) is 8.42 Å². The maximum Gasteiger partial charge on any atom is 0.422 e. The van der Waals surface area contributed by atoms with Crippen LogP contribution in [0.5, 0.6) is 0 Å². The van der Waals surface area contributed by atoms with Crippen molar-refractivity contribution < 1.29 is 17.9 Å². The van der Waals surface area contributed by atoms with Crippen molar-refractivity contribution in [1.29, 1.82) is 0 Å². The lowest BCUT2D eigenvalue weighted by Gasteiger charge is -2.09. The molecule has 8 nitrogen and oxygen atoms in total. The summed E-state index contributed by atoms with van der Waals surface area (Å²) in [4.78, 5) is 14.4. The molecule has 0 fully saturated rings. The Labute approximate surface area is 92.0 Å². The van der Waals surface area contributed by atoms with Gasteiger partial charge in [-0.05, 0) is 6.07 Å². The zero-order valence-electron chi connectivity index (χ0n) is 8.30. The molecule has 0 atom stereocenters. The van der Waals surface area contributed by atoms with Crippen LogP contribution in [0.2, 0.25) is 0 Å². The van der Waals surface area contributed by atoms with Gasteiger partial charge in [-0.3, -0.25) is 9.71 Å². The molecule has 0 aliphatic carbocycles. The van der Waals surface area contributed by atoms with Crippen molar-refractivity contribution in [3.63, 3.8) is 0 Å². The summed E-state index contributed by atoms with van der Waals surface area (Å²) in [5.74, 6) is 0. The predicted octanol–water partition coefficient (Wildman–Crippen LogP) is -0.324. The van der Waals surface area contributed by atoms with Gasteiger partial charge >= 0.3 is 16.3 Å². The Balaban J connectivity index is 2.81. The van der Waals surface area contributed by atoms with E-state index in [4.69, 9.17) is 5.73 Å². The summed E-state index contributed by atoms with van der Waals surface area (Å²) in [5, 5.41) is 0. The van der Waals surface area contributed by atoms with Crippen LogP contribution in [0.25, 0.3) is 0 Å². The maximum absolute atomic E-state index is 11.3. The number of hydrogen-bond acceptors (Lipinski definition) is 6. The second-order valence-electron chi connectivity index (χ2n) is 2.66. The highest BCUT2D eigenvalue weighted by atomic mass is 32.2. The number of carbonyl (C=O) groups excluding carboxylic acids is 1. The number of nitrogens with zero attached hydrogens (tertiary/aromatic N) is 1. The van der Waals surface area contributed by atoms with Crippen molar-refractivity contribution in [2.24, 2.45) is 0 Å². The van der Waals surface area contributed by atoms with Crippen molar-refractivity contribution >= 4 is 27.7 Å². The number of anilines is 2. The Hall–Kier alpha value is -2.03. The van der Waals surface area contributed by atoms with Crippen LogP contribution in [-0.2, 0) is 14.9 Å². The highest BCUT2D eigenvalue weighted by molar-refractivity contribution is 7.91. The van der Waals surface area contributed by atoms with E-state index < -0.39 is 16.3 Å². The third-order valence-corrected chi connectivity index (χ3v) is 2.42. The number of nitrogens with one attached hydrogen (secondary N) is 2. The molecule has 1 amide bonds. The lowest BCUT2D eigenvalue weighted by atomic mass is 10.4. The topological polar surface area (TPSA) is 123 Å². The van der Waals surface area contributed by atoms with Crippen LogP contribution in [0.4, 0.5) is 16.2 Å². The maximum atomic E-state index is 11.3. The number of nitrogens with two attached hydrogens (primary N) is 1. The molecule has 0 aromatic carbocycles. The molecule has 1 heterocycles. The lowest BCUT2D eigenvalue weighted by molar-refractivity contribution is 0.177. The van der Waals surface area contributed by atoms with Gasteiger partial charge < -0.3 is 10.5 Å². The molecule has 0 spiro atoms. The first-order chi connectivity index (χ1) is 7.44. The van der Waals surface area contributed by atoms with Crippen molar-refractivity contribution in [2.75, 3.05) is 17.6 Å². The summed E-state index contributed by atoms with van der Waals surface area (Å²) >= 11 is 0. The molecular formula is C7H10N4O4S. The van der Waals surface area contributed by atoms with Crippen LogP contribution in [0.15, 0.2) is 18.5 Å². The first-order valence-electron chi connectivity index (χ1n) is 4.02. The fourth-order valence-electron chi connectivity index (χ4n) is 0.821. The van der Waals surface area contributed by atoms with E-state index in [2.05, 4.69) is 9.72 Å². The number of methoxy groups -OCH3 is 1. The second kappa shape index (κ2) is 4.66. The number of rotatable bonds is 3. The third-order valence-electron chi connectivity index (χ3n) is 1.50.